The molecule has 0 atom stereocenters. The molecular formula is C16H15N3O2. The molecule has 0 amide bonds. The number of nitro groups is 1. The molecule has 0 unspecified atom stereocenters. The van der Waals surface area contributed by atoms with Crippen LogP contribution < -0.4 is 0 Å². The van der Waals surface area contributed by atoms with Crippen molar-refractivity contribution in [2.45, 2.75) is 19.9 Å². The minimum Gasteiger partial charge on any atom is -0.328 e. The van der Waals surface area contributed by atoms with E-state index in [0.717, 1.165) is 22.4 Å². The smallest absolute Gasteiger partial charge is 0.272 e. The quantitative estimate of drug-likeness (QED) is 0.543. The molecular weight excluding hydrogens is 266 g/mol. The second kappa shape index (κ2) is 5.36. The SMILES string of the molecule is Cc1nc2ccccc2n1CCc1ccccc1[N+](=O)[O-]. The van der Waals surface area contributed by atoms with Crippen LogP contribution >= 0.6 is 0 Å². The van der Waals surface area contributed by atoms with E-state index in [4.69, 9.17) is 0 Å². The van der Waals surface area contributed by atoms with E-state index in [1.54, 1.807) is 12.1 Å². The van der Waals surface area contributed by atoms with Crippen LogP contribution in [0.15, 0.2) is 48.5 Å². The second-order valence-corrected chi connectivity index (χ2v) is 4.94. The summed E-state index contributed by atoms with van der Waals surface area (Å²) >= 11 is 0. The first kappa shape index (κ1) is 13.3. The van der Waals surface area contributed by atoms with Gasteiger partial charge in [-0.2, -0.15) is 0 Å². The third-order valence-corrected chi connectivity index (χ3v) is 3.64. The first-order valence-electron chi connectivity index (χ1n) is 6.81. The van der Waals surface area contributed by atoms with Gasteiger partial charge in [0.25, 0.3) is 5.69 Å². The highest BCUT2D eigenvalue weighted by atomic mass is 16.6. The molecule has 1 heterocycles. The molecule has 5 nitrogen and oxygen atoms in total. The first-order valence-corrected chi connectivity index (χ1v) is 6.81. The third kappa shape index (κ3) is 2.50. The molecule has 2 aromatic carbocycles. The standard InChI is InChI=1S/C16H15N3O2/c1-12-17-14-7-3-5-9-16(14)18(12)11-10-13-6-2-4-8-15(13)19(20)21/h2-9H,10-11H2,1H3. The summed E-state index contributed by atoms with van der Waals surface area (Å²) in [6.07, 6.45) is 0.609. The van der Waals surface area contributed by atoms with E-state index < -0.39 is 0 Å². The van der Waals surface area contributed by atoms with E-state index in [1.165, 1.54) is 0 Å². The van der Waals surface area contributed by atoms with Crippen molar-refractivity contribution < 1.29 is 4.92 Å². The molecule has 3 rings (SSSR count). The van der Waals surface area contributed by atoms with Gasteiger partial charge in [-0.1, -0.05) is 30.3 Å². The molecule has 0 aliphatic heterocycles. The summed E-state index contributed by atoms with van der Waals surface area (Å²) in [6.45, 7) is 2.64. The molecule has 0 saturated heterocycles. The summed E-state index contributed by atoms with van der Waals surface area (Å²) in [5.41, 5.74) is 2.95. The molecule has 0 aliphatic rings. The fourth-order valence-corrected chi connectivity index (χ4v) is 2.61. The van der Waals surface area contributed by atoms with Gasteiger partial charge < -0.3 is 4.57 Å². The summed E-state index contributed by atoms with van der Waals surface area (Å²) in [6, 6.07) is 14.8. The van der Waals surface area contributed by atoms with Crippen LogP contribution in [-0.2, 0) is 13.0 Å². The Bertz CT molecular complexity index is 808. The van der Waals surface area contributed by atoms with Gasteiger partial charge >= 0.3 is 0 Å². The normalized spacial score (nSPS) is 10.9. The summed E-state index contributed by atoms with van der Waals surface area (Å²) in [5, 5.41) is 11.0. The van der Waals surface area contributed by atoms with Gasteiger partial charge in [0.1, 0.15) is 5.82 Å². The highest BCUT2D eigenvalue weighted by Gasteiger charge is 2.13. The van der Waals surface area contributed by atoms with Crippen molar-refractivity contribution in [1.29, 1.82) is 0 Å². The summed E-state index contributed by atoms with van der Waals surface area (Å²) in [5.74, 6) is 0.926. The Kier molecular flexibility index (Phi) is 3.39. The molecule has 0 fully saturated rings. The van der Waals surface area contributed by atoms with Crippen molar-refractivity contribution in [3.05, 3.63) is 70.0 Å². The van der Waals surface area contributed by atoms with Gasteiger partial charge in [-0.25, -0.2) is 4.98 Å². The lowest BCUT2D eigenvalue weighted by Gasteiger charge is -2.07. The Morgan fingerprint density at radius 1 is 1.14 bits per heavy atom. The fraction of sp³-hybridized carbons (Fsp3) is 0.188. The summed E-state index contributed by atoms with van der Waals surface area (Å²) in [7, 11) is 0. The van der Waals surface area contributed by atoms with E-state index >= 15 is 0 Å². The zero-order valence-electron chi connectivity index (χ0n) is 11.7. The van der Waals surface area contributed by atoms with Gasteiger partial charge in [0, 0.05) is 18.2 Å². The van der Waals surface area contributed by atoms with Crippen molar-refractivity contribution in [1.82, 2.24) is 9.55 Å². The van der Waals surface area contributed by atoms with Crippen LogP contribution in [-0.4, -0.2) is 14.5 Å². The Balaban J connectivity index is 1.91. The van der Waals surface area contributed by atoms with Crippen molar-refractivity contribution in [3.8, 4) is 0 Å². The number of benzene rings is 2. The molecule has 0 N–H and O–H groups in total. The molecule has 3 aromatic rings. The van der Waals surface area contributed by atoms with Crippen LogP contribution in [0, 0.1) is 17.0 Å². The van der Waals surface area contributed by atoms with E-state index in [0.29, 0.717) is 13.0 Å². The predicted molar refractivity (Wildman–Crippen MR) is 81.3 cm³/mol. The molecule has 21 heavy (non-hydrogen) atoms. The average Bonchev–Trinajstić information content (AvgIpc) is 2.81. The lowest BCUT2D eigenvalue weighted by atomic mass is 10.1. The molecule has 1 aromatic heterocycles. The van der Waals surface area contributed by atoms with Crippen molar-refractivity contribution in [2.24, 2.45) is 0 Å². The van der Waals surface area contributed by atoms with Gasteiger partial charge in [-0.3, -0.25) is 10.1 Å². The molecule has 5 heteroatoms. The van der Waals surface area contributed by atoms with Crippen LogP contribution in [0.5, 0.6) is 0 Å². The number of para-hydroxylation sites is 3. The fourth-order valence-electron chi connectivity index (χ4n) is 2.61. The summed E-state index contributed by atoms with van der Waals surface area (Å²) < 4.78 is 2.10. The van der Waals surface area contributed by atoms with Gasteiger partial charge in [-0.05, 0) is 25.5 Å². The van der Waals surface area contributed by atoms with Crippen LogP contribution in [0.25, 0.3) is 11.0 Å². The number of nitrogens with zero attached hydrogens (tertiary/aromatic N) is 3. The molecule has 0 saturated carbocycles. The molecule has 106 valence electrons. The predicted octanol–water partition coefficient (Wildman–Crippen LogP) is 3.50. The minimum absolute atomic E-state index is 0.180. The topological polar surface area (TPSA) is 61.0 Å². The summed E-state index contributed by atoms with van der Waals surface area (Å²) in [4.78, 5) is 15.2. The Labute approximate surface area is 122 Å². The maximum Gasteiger partial charge on any atom is 0.272 e. The van der Waals surface area contributed by atoms with E-state index in [9.17, 15) is 10.1 Å². The Morgan fingerprint density at radius 3 is 2.67 bits per heavy atom. The second-order valence-electron chi connectivity index (χ2n) is 4.94. The Morgan fingerprint density at radius 2 is 1.86 bits per heavy atom. The number of hydrogen-bond donors (Lipinski definition) is 0. The van der Waals surface area contributed by atoms with E-state index in [1.807, 2.05) is 43.3 Å². The maximum atomic E-state index is 11.0. The highest BCUT2D eigenvalue weighted by Crippen LogP contribution is 2.21. The van der Waals surface area contributed by atoms with Gasteiger partial charge in [-0.15, -0.1) is 0 Å². The van der Waals surface area contributed by atoms with Crippen LogP contribution in [0.3, 0.4) is 0 Å². The largest absolute Gasteiger partial charge is 0.328 e. The van der Waals surface area contributed by atoms with Crippen molar-refractivity contribution >= 4 is 16.7 Å². The molecule has 0 spiro atoms. The van der Waals surface area contributed by atoms with Crippen LogP contribution in [0.1, 0.15) is 11.4 Å². The average molecular weight is 281 g/mol. The van der Waals surface area contributed by atoms with Crippen LogP contribution in [0.2, 0.25) is 0 Å². The van der Waals surface area contributed by atoms with E-state index in [-0.39, 0.29) is 10.6 Å². The monoisotopic (exact) mass is 281 g/mol. The number of aryl methyl sites for hydroxylation is 3. The Hall–Kier alpha value is -2.69. The zero-order valence-corrected chi connectivity index (χ0v) is 11.7. The number of hydrogen-bond acceptors (Lipinski definition) is 3. The molecule has 0 radical (unpaired) electrons. The maximum absolute atomic E-state index is 11.0. The number of fused-ring (bicyclic) bond motifs is 1. The number of aromatic nitrogens is 2. The zero-order chi connectivity index (χ0) is 14.8. The number of rotatable bonds is 4. The third-order valence-electron chi connectivity index (χ3n) is 3.64. The van der Waals surface area contributed by atoms with E-state index in [2.05, 4.69) is 9.55 Å². The number of nitro benzene ring substituents is 1. The lowest BCUT2D eigenvalue weighted by Crippen LogP contribution is -2.05. The lowest BCUT2D eigenvalue weighted by molar-refractivity contribution is -0.385. The number of imidazole rings is 1. The van der Waals surface area contributed by atoms with Gasteiger partial charge in [0.15, 0.2) is 0 Å². The highest BCUT2D eigenvalue weighted by molar-refractivity contribution is 5.75. The minimum atomic E-state index is -0.325. The molecule has 0 aliphatic carbocycles. The van der Waals surface area contributed by atoms with Gasteiger partial charge in [0.2, 0.25) is 0 Å². The van der Waals surface area contributed by atoms with Gasteiger partial charge in [0.05, 0.1) is 16.0 Å². The first-order chi connectivity index (χ1) is 10.2. The van der Waals surface area contributed by atoms with Crippen molar-refractivity contribution in [3.63, 3.8) is 0 Å². The van der Waals surface area contributed by atoms with Crippen molar-refractivity contribution in [2.75, 3.05) is 0 Å². The van der Waals surface area contributed by atoms with Crippen LogP contribution in [0.4, 0.5) is 5.69 Å². The molecule has 0 bridgehead atoms.